The maximum absolute atomic E-state index is 13.7. The van der Waals surface area contributed by atoms with Gasteiger partial charge in [-0.15, -0.1) is 0 Å². The van der Waals surface area contributed by atoms with Crippen molar-refractivity contribution in [3.63, 3.8) is 0 Å². The van der Waals surface area contributed by atoms with E-state index in [9.17, 15) is 19.2 Å². The fourth-order valence-corrected chi connectivity index (χ4v) is 5.55. The summed E-state index contributed by atoms with van der Waals surface area (Å²) in [4.78, 5) is 55.1. The lowest BCUT2D eigenvalue weighted by molar-refractivity contribution is -0.158. The van der Waals surface area contributed by atoms with Gasteiger partial charge in [0.05, 0.1) is 0 Å². The number of carbonyl (C=O) groups excluding carboxylic acids is 4. The molecule has 0 spiro atoms. The number of nitrogens with two attached hydrogens (primary N) is 1. The van der Waals surface area contributed by atoms with E-state index in [4.69, 9.17) is 10.5 Å². The Kier molecular flexibility index (Phi) is 6.50. The first-order valence-electron chi connectivity index (χ1n) is 11.7. The van der Waals surface area contributed by atoms with Crippen LogP contribution in [0.3, 0.4) is 0 Å². The number of nitrogens with one attached hydrogen (secondary N) is 1. The van der Waals surface area contributed by atoms with Crippen molar-refractivity contribution in [3.8, 4) is 0 Å². The largest absolute Gasteiger partial charge is 0.444 e. The Morgan fingerprint density at radius 3 is 2.44 bits per heavy atom. The van der Waals surface area contributed by atoms with Gasteiger partial charge in [-0.25, -0.2) is 4.79 Å². The molecule has 0 aromatic rings. The van der Waals surface area contributed by atoms with Crippen molar-refractivity contribution in [3.05, 3.63) is 0 Å². The zero-order valence-corrected chi connectivity index (χ0v) is 20.0. The highest BCUT2D eigenvalue weighted by molar-refractivity contribution is 5.99. The third-order valence-electron chi connectivity index (χ3n) is 6.87. The molecule has 3 heterocycles. The maximum Gasteiger partial charge on any atom is 0.410 e. The van der Waals surface area contributed by atoms with Gasteiger partial charge < -0.3 is 20.7 Å². The Labute approximate surface area is 190 Å². The van der Waals surface area contributed by atoms with Gasteiger partial charge in [-0.05, 0) is 71.6 Å². The molecule has 9 nitrogen and oxygen atoms in total. The van der Waals surface area contributed by atoms with Crippen LogP contribution in [0.2, 0.25) is 0 Å². The van der Waals surface area contributed by atoms with Crippen LogP contribution >= 0.6 is 0 Å². The van der Waals surface area contributed by atoms with E-state index in [0.717, 1.165) is 6.42 Å². The van der Waals surface area contributed by atoms with E-state index in [1.807, 2.05) is 13.8 Å². The Morgan fingerprint density at radius 1 is 1.16 bits per heavy atom. The quantitative estimate of drug-likeness (QED) is 0.663. The van der Waals surface area contributed by atoms with Gasteiger partial charge >= 0.3 is 6.09 Å². The van der Waals surface area contributed by atoms with Gasteiger partial charge in [0.15, 0.2) is 0 Å². The van der Waals surface area contributed by atoms with Crippen molar-refractivity contribution in [2.45, 2.75) is 102 Å². The second-order valence-corrected chi connectivity index (χ2v) is 11.0. The van der Waals surface area contributed by atoms with Gasteiger partial charge in [0, 0.05) is 13.1 Å². The molecule has 3 atom stereocenters. The average Bonchev–Trinajstić information content (AvgIpc) is 3.31. The molecule has 3 rings (SSSR count). The minimum absolute atomic E-state index is 0.147. The molecule has 180 valence electrons. The molecule has 3 fully saturated rings. The van der Waals surface area contributed by atoms with Crippen LogP contribution in [0.1, 0.15) is 79.6 Å². The van der Waals surface area contributed by atoms with Crippen molar-refractivity contribution in [1.82, 2.24) is 15.1 Å². The Balaban J connectivity index is 1.83. The molecule has 4 amide bonds. The second kappa shape index (κ2) is 8.56. The van der Waals surface area contributed by atoms with Crippen molar-refractivity contribution in [2.75, 3.05) is 13.1 Å². The zero-order valence-electron chi connectivity index (χ0n) is 20.0. The van der Waals surface area contributed by atoms with Gasteiger partial charge in [-0.2, -0.15) is 0 Å². The molecule has 32 heavy (non-hydrogen) atoms. The van der Waals surface area contributed by atoms with Crippen molar-refractivity contribution in [2.24, 2.45) is 11.7 Å². The summed E-state index contributed by atoms with van der Waals surface area (Å²) in [5.41, 5.74) is 3.01. The smallest absolute Gasteiger partial charge is 0.410 e. The van der Waals surface area contributed by atoms with E-state index in [2.05, 4.69) is 5.32 Å². The number of amides is 4. The molecule has 3 N–H and O–H groups in total. The Hall–Kier alpha value is -2.32. The summed E-state index contributed by atoms with van der Waals surface area (Å²) in [6, 6.07) is -0.678. The number of piperidine rings is 1. The van der Waals surface area contributed by atoms with Crippen molar-refractivity contribution < 1.29 is 23.9 Å². The highest BCUT2D eigenvalue weighted by Gasteiger charge is 2.59. The SMILES string of the molecule is CC(C)C[C@@]1(NC(=O)[C@@H]2CCCN2C(=O)OC(C)(C)C)CC[C@@]2(C(N)=O)CCCN2C1=O. The first-order valence-corrected chi connectivity index (χ1v) is 11.7. The number of rotatable bonds is 5. The van der Waals surface area contributed by atoms with Crippen molar-refractivity contribution in [1.29, 1.82) is 0 Å². The van der Waals surface area contributed by atoms with E-state index < -0.39 is 34.7 Å². The molecule has 0 aromatic carbocycles. The normalized spacial score (nSPS) is 30.4. The highest BCUT2D eigenvalue weighted by Crippen LogP contribution is 2.43. The molecular weight excluding hydrogens is 412 g/mol. The zero-order chi connectivity index (χ0) is 23.9. The molecule has 0 unspecified atom stereocenters. The lowest BCUT2D eigenvalue weighted by atomic mass is 9.73. The minimum Gasteiger partial charge on any atom is -0.444 e. The molecule has 3 aliphatic heterocycles. The van der Waals surface area contributed by atoms with Crippen LogP contribution in [-0.2, 0) is 19.1 Å². The number of primary amides is 1. The molecular formula is C23H38N4O5. The molecule has 3 aliphatic rings. The molecule has 0 bridgehead atoms. The van der Waals surface area contributed by atoms with Gasteiger partial charge in [0.2, 0.25) is 17.7 Å². The summed E-state index contributed by atoms with van der Waals surface area (Å²) in [6.07, 6.45) is 3.23. The number of carbonyl (C=O) groups is 4. The molecule has 0 saturated carbocycles. The van der Waals surface area contributed by atoms with Gasteiger partial charge in [0.1, 0.15) is 22.7 Å². The monoisotopic (exact) mass is 450 g/mol. The summed E-state index contributed by atoms with van der Waals surface area (Å²) in [7, 11) is 0. The van der Waals surface area contributed by atoms with Crippen molar-refractivity contribution >= 4 is 23.8 Å². The molecule has 0 aliphatic carbocycles. The Morgan fingerprint density at radius 2 is 1.84 bits per heavy atom. The van der Waals surface area contributed by atoms with Gasteiger partial charge in [0.25, 0.3) is 0 Å². The topological polar surface area (TPSA) is 122 Å². The van der Waals surface area contributed by atoms with E-state index in [-0.39, 0.29) is 17.7 Å². The maximum atomic E-state index is 13.7. The summed E-state index contributed by atoms with van der Waals surface area (Å²) >= 11 is 0. The molecule has 0 aromatic heterocycles. The number of hydrogen-bond donors (Lipinski definition) is 2. The molecule has 9 heteroatoms. The third-order valence-corrected chi connectivity index (χ3v) is 6.87. The number of likely N-dealkylation sites (tertiary alicyclic amines) is 1. The lowest BCUT2D eigenvalue weighted by Crippen LogP contribution is -2.71. The van der Waals surface area contributed by atoms with E-state index in [1.54, 1.807) is 25.7 Å². The van der Waals surface area contributed by atoms with Crippen LogP contribution in [0, 0.1) is 5.92 Å². The number of nitrogens with zero attached hydrogens (tertiary/aromatic N) is 2. The van der Waals surface area contributed by atoms with Crippen LogP contribution < -0.4 is 11.1 Å². The van der Waals surface area contributed by atoms with Crippen LogP contribution in [-0.4, -0.2) is 69.4 Å². The summed E-state index contributed by atoms with van der Waals surface area (Å²) in [5.74, 6) is -0.898. The second-order valence-electron chi connectivity index (χ2n) is 11.0. The van der Waals surface area contributed by atoms with E-state index >= 15 is 0 Å². The fourth-order valence-electron chi connectivity index (χ4n) is 5.55. The van der Waals surface area contributed by atoms with Crippen LogP contribution in [0.5, 0.6) is 0 Å². The summed E-state index contributed by atoms with van der Waals surface area (Å²) in [6.45, 7) is 10.3. The minimum atomic E-state index is -1.10. The molecule has 3 saturated heterocycles. The lowest BCUT2D eigenvalue weighted by Gasteiger charge is -2.49. The number of fused-ring (bicyclic) bond motifs is 1. The third kappa shape index (κ3) is 4.43. The summed E-state index contributed by atoms with van der Waals surface area (Å²) in [5, 5.41) is 3.04. The predicted molar refractivity (Wildman–Crippen MR) is 118 cm³/mol. The highest BCUT2D eigenvalue weighted by atomic mass is 16.6. The standard InChI is InChI=1S/C23H38N4O5/c1-15(2)14-22(10-11-23(18(24)29)9-7-13-27(23)19(22)30)25-17(28)16-8-6-12-26(16)20(31)32-21(3,4)5/h15-16H,6-14H2,1-5H3,(H2,24,29)(H,25,28)/t16-,22-,23+/m0/s1. The van der Waals surface area contributed by atoms with Crippen LogP contribution in [0.15, 0.2) is 0 Å². The van der Waals surface area contributed by atoms with Gasteiger partial charge in [-0.3, -0.25) is 19.3 Å². The number of ether oxygens (including phenoxy) is 1. The van der Waals surface area contributed by atoms with Crippen LogP contribution in [0.4, 0.5) is 4.79 Å². The fraction of sp³-hybridized carbons (Fsp3) is 0.826. The van der Waals surface area contributed by atoms with Gasteiger partial charge in [-0.1, -0.05) is 13.8 Å². The number of hydrogen-bond acceptors (Lipinski definition) is 5. The van der Waals surface area contributed by atoms with Crippen LogP contribution in [0.25, 0.3) is 0 Å². The van der Waals surface area contributed by atoms with E-state index in [1.165, 1.54) is 4.90 Å². The first-order chi connectivity index (χ1) is 14.8. The summed E-state index contributed by atoms with van der Waals surface area (Å²) < 4.78 is 5.48. The van der Waals surface area contributed by atoms with E-state index in [0.29, 0.717) is 51.6 Å². The average molecular weight is 451 g/mol. The Bertz CT molecular complexity index is 792. The predicted octanol–water partition coefficient (Wildman–Crippen LogP) is 1.93. The first kappa shape index (κ1) is 24.3. The molecule has 0 radical (unpaired) electrons.